The first-order chi connectivity index (χ1) is 9.11. The first kappa shape index (κ1) is 13.2. The number of carbonyl (C=O) groups excluding carboxylic acids is 1. The number of rotatable bonds is 4. The summed E-state index contributed by atoms with van der Waals surface area (Å²) in [6.07, 6.45) is 3.90. The summed E-state index contributed by atoms with van der Waals surface area (Å²) in [5.41, 5.74) is 2.92. The van der Waals surface area contributed by atoms with Crippen molar-refractivity contribution in [2.24, 2.45) is 0 Å². The Morgan fingerprint density at radius 2 is 2.11 bits per heavy atom. The Bertz CT molecular complexity index is 609. The summed E-state index contributed by atoms with van der Waals surface area (Å²) in [5, 5.41) is 9.77. The molecule has 0 radical (unpaired) electrons. The molecule has 0 aliphatic heterocycles. The molecule has 0 amide bonds. The maximum Gasteiger partial charge on any atom is 0.186 e. The van der Waals surface area contributed by atoms with Gasteiger partial charge >= 0.3 is 0 Å². The Balaban J connectivity index is 2.28. The Kier molecular flexibility index (Phi) is 3.90. The van der Waals surface area contributed by atoms with Crippen LogP contribution in [0.5, 0.6) is 5.75 Å². The van der Waals surface area contributed by atoms with Crippen LogP contribution in [0.1, 0.15) is 34.1 Å². The molecule has 1 aromatic heterocycles. The molecule has 4 nitrogen and oxygen atoms in total. The molecule has 1 N–H and O–H groups in total. The molecule has 0 unspecified atom stereocenters. The van der Waals surface area contributed by atoms with Gasteiger partial charge in [-0.25, -0.2) is 9.97 Å². The van der Waals surface area contributed by atoms with Gasteiger partial charge in [-0.3, -0.25) is 4.79 Å². The zero-order valence-corrected chi connectivity index (χ0v) is 11.1. The topological polar surface area (TPSA) is 63.1 Å². The van der Waals surface area contributed by atoms with Crippen molar-refractivity contribution in [3.8, 4) is 5.75 Å². The van der Waals surface area contributed by atoms with Gasteiger partial charge in [0.1, 0.15) is 17.8 Å². The van der Waals surface area contributed by atoms with E-state index in [2.05, 4.69) is 9.97 Å². The molecule has 0 saturated heterocycles. The highest BCUT2D eigenvalue weighted by Gasteiger charge is 2.14. The van der Waals surface area contributed by atoms with E-state index in [0.29, 0.717) is 17.7 Å². The van der Waals surface area contributed by atoms with E-state index in [0.717, 1.165) is 11.1 Å². The first-order valence-electron chi connectivity index (χ1n) is 6.22. The van der Waals surface area contributed by atoms with Gasteiger partial charge in [0.25, 0.3) is 0 Å². The predicted molar refractivity (Wildman–Crippen MR) is 72.3 cm³/mol. The third kappa shape index (κ3) is 2.96. The van der Waals surface area contributed by atoms with E-state index in [1.165, 1.54) is 6.33 Å². The summed E-state index contributed by atoms with van der Waals surface area (Å²) in [4.78, 5) is 20.2. The van der Waals surface area contributed by atoms with Gasteiger partial charge in [0, 0.05) is 18.2 Å². The largest absolute Gasteiger partial charge is 0.508 e. The minimum absolute atomic E-state index is 0.0971. The third-order valence-corrected chi connectivity index (χ3v) is 3.02. The number of aromatic nitrogens is 2. The van der Waals surface area contributed by atoms with Crippen LogP contribution in [-0.2, 0) is 12.8 Å². The molecule has 2 aromatic rings. The second-order valence-corrected chi connectivity index (χ2v) is 4.48. The number of carbonyl (C=O) groups is 1. The van der Waals surface area contributed by atoms with Crippen LogP contribution in [0.4, 0.5) is 0 Å². The highest BCUT2D eigenvalue weighted by atomic mass is 16.3. The van der Waals surface area contributed by atoms with Crippen LogP contribution in [0.25, 0.3) is 0 Å². The number of aromatic hydroxyl groups is 1. The lowest BCUT2D eigenvalue weighted by Gasteiger charge is -2.07. The lowest BCUT2D eigenvalue weighted by Crippen LogP contribution is -2.10. The molecule has 1 heterocycles. The quantitative estimate of drug-likeness (QED) is 0.854. The third-order valence-electron chi connectivity index (χ3n) is 3.02. The molecule has 98 valence electrons. The first-order valence-corrected chi connectivity index (χ1v) is 6.22. The molecule has 0 aliphatic carbocycles. The van der Waals surface area contributed by atoms with Gasteiger partial charge in [-0.15, -0.1) is 0 Å². The summed E-state index contributed by atoms with van der Waals surface area (Å²) >= 11 is 0. The zero-order valence-electron chi connectivity index (χ0n) is 11.1. The van der Waals surface area contributed by atoms with Crippen LogP contribution in [0, 0.1) is 6.92 Å². The van der Waals surface area contributed by atoms with Crippen molar-refractivity contribution in [3.05, 3.63) is 53.1 Å². The van der Waals surface area contributed by atoms with Crippen LogP contribution in [-0.4, -0.2) is 20.9 Å². The molecular formula is C15H16N2O2. The maximum absolute atomic E-state index is 12.3. The Labute approximate surface area is 112 Å². The normalized spacial score (nSPS) is 10.4. The highest BCUT2D eigenvalue weighted by Crippen LogP contribution is 2.20. The fourth-order valence-corrected chi connectivity index (χ4v) is 1.98. The average Bonchev–Trinajstić information content (AvgIpc) is 2.42. The number of phenols is 1. The Morgan fingerprint density at radius 1 is 1.32 bits per heavy atom. The number of phenolic OH excluding ortho intramolecular Hbond substituents is 1. The zero-order chi connectivity index (χ0) is 13.8. The summed E-state index contributed by atoms with van der Waals surface area (Å²) in [5.74, 6) is 0.0474. The summed E-state index contributed by atoms with van der Waals surface area (Å²) in [6, 6.07) is 5.24. The van der Waals surface area contributed by atoms with E-state index in [1.807, 2.05) is 26.0 Å². The van der Waals surface area contributed by atoms with Gasteiger partial charge in [0.15, 0.2) is 5.78 Å². The number of aryl methyl sites for hydroxylation is 2. The monoisotopic (exact) mass is 256 g/mol. The van der Waals surface area contributed by atoms with E-state index in [4.69, 9.17) is 0 Å². The van der Waals surface area contributed by atoms with Crippen LogP contribution in [0.2, 0.25) is 0 Å². The second kappa shape index (κ2) is 5.61. The molecule has 19 heavy (non-hydrogen) atoms. The van der Waals surface area contributed by atoms with Gasteiger partial charge in [0.05, 0.1) is 0 Å². The van der Waals surface area contributed by atoms with E-state index in [9.17, 15) is 9.90 Å². The number of hydrogen-bond donors (Lipinski definition) is 1. The van der Waals surface area contributed by atoms with Crippen molar-refractivity contribution >= 4 is 5.78 Å². The van der Waals surface area contributed by atoms with Gasteiger partial charge < -0.3 is 5.11 Å². The summed E-state index contributed by atoms with van der Waals surface area (Å²) in [6.45, 7) is 3.88. The summed E-state index contributed by atoms with van der Waals surface area (Å²) in [7, 11) is 0. The van der Waals surface area contributed by atoms with Gasteiger partial charge in [-0.2, -0.15) is 0 Å². The van der Waals surface area contributed by atoms with Crippen molar-refractivity contribution in [2.75, 3.05) is 0 Å². The molecule has 0 atom stereocenters. The van der Waals surface area contributed by atoms with E-state index in [-0.39, 0.29) is 18.0 Å². The van der Waals surface area contributed by atoms with Gasteiger partial charge in [-0.1, -0.05) is 24.6 Å². The number of ketones is 1. The van der Waals surface area contributed by atoms with E-state index >= 15 is 0 Å². The van der Waals surface area contributed by atoms with Crippen molar-refractivity contribution in [3.63, 3.8) is 0 Å². The number of Topliss-reactive ketones (excluding diaryl/α,β-unsaturated/α-hetero) is 1. The molecule has 4 heteroatoms. The molecule has 0 saturated carbocycles. The Hall–Kier alpha value is -2.23. The van der Waals surface area contributed by atoms with Crippen molar-refractivity contribution in [1.82, 2.24) is 9.97 Å². The second-order valence-electron chi connectivity index (χ2n) is 4.48. The van der Waals surface area contributed by atoms with Crippen LogP contribution < -0.4 is 0 Å². The van der Waals surface area contributed by atoms with Crippen LogP contribution in [0.3, 0.4) is 0 Å². The van der Waals surface area contributed by atoms with Crippen LogP contribution >= 0.6 is 0 Å². The van der Waals surface area contributed by atoms with Crippen molar-refractivity contribution < 1.29 is 9.90 Å². The summed E-state index contributed by atoms with van der Waals surface area (Å²) < 4.78 is 0. The molecule has 1 aromatic carbocycles. The molecule has 2 rings (SSSR count). The smallest absolute Gasteiger partial charge is 0.186 e. The fraction of sp³-hybridized carbons (Fsp3) is 0.267. The van der Waals surface area contributed by atoms with Gasteiger partial charge in [0.2, 0.25) is 0 Å². The molecular weight excluding hydrogens is 240 g/mol. The van der Waals surface area contributed by atoms with Crippen LogP contribution in [0.15, 0.2) is 30.7 Å². The van der Waals surface area contributed by atoms with Crippen molar-refractivity contribution in [1.29, 1.82) is 0 Å². The average molecular weight is 256 g/mol. The molecule has 0 bridgehead atoms. The number of nitrogens with zero attached hydrogens (tertiary/aromatic N) is 2. The standard InChI is InChI=1S/C15H16N2O2/c1-3-11-8-16-9-17-15(11)14(19)7-12-6-10(2)4-5-13(12)18/h4-6,8-9,18H,3,7H2,1-2H3. The van der Waals surface area contributed by atoms with E-state index in [1.54, 1.807) is 12.3 Å². The van der Waals surface area contributed by atoms with E-state index < -0.39 is 0 Å². The minimum atomic E-state index is -0.0971. The highest BCUT2D eigenvalue weighted by molar-refractivity contribution is 5.97. The fourth-order valence-electron chi connectivity index (χ4n) is 1.98. The lowest BCUT2D eigenvalue weighted by atomic mass is 10.0. The molecule has 0 fully saturated rings. The maximum atomic E-state index is 12.3. The lowest BCUT2D eigenvalue weighted by molar-refractivity contribution is 0.0986. The number of hydrogen-bond acceptors (Lipinski definition) is 4. The van der Waals surface area contributed by atoms with Crippen molar-refractivity contribution in [2.45, 2.75) is 26.7 Å². The van der Waals surface area contributed by atoms with Gasteiger partial charge in [-0.05, 0) is 25.0 Å². The molecule has 0 spiro atoms. The number of benzene rings is 1. The predicted octanol–water partition coefficient (Wildman–Crippen LogP) is 2.48. The Morgan fingerprint density at radius 3 is 2.84 bits per heavy atom. The molecule has 0 aliphatic rings. The minimum Gasteiger partial charge on any atom is -0.508 e. The SMILES string of the molecule is CCc1cncnc1C(=O)Cc1cc(C)ccc1O.